The van der Waals surface area contributed by atoms with Crippen molar-refractivity contribution >= 4 is 6.01 Å². The first-order chi connectivity index (χ1) is 8.19. The number of nitrogens with zero attached hydrogens (tertiary/aromatic N) is 1. The molecule has 1 heterocycles. The van der Waals surface area contributed by atoms with E-state index in [-0.39, 0.29) is 0 Å². The summed E-state index contributed by atoms with van der Waals surface area (Å²) in [7, 11) is 1.81. The first-order valence-electron chi connectivity index (χ1n) is 5.88. The summed E-state index contributed by atoms with van der Waals surface area (Å²) in [6.45, 7) is 4.08. The van der Waals surface area contributed by atoms with Gasteiger partial charge in [-0.15, -0.1) is 0 Å². The molecule has 0 fully saturated rings. The van der Waals surface area contributed by atoms with Crippen molar-refractivity contribution in [2.24, 2.45) is 0 Å². The highest BCUT2D eigenvalue weighted by Crippen LogP contribution is 2.16. The largest absolute Gasteiger partial charge is 0.428 e. The molecule has 3 nitrogen and oxygen atoms in total. The van der Waals surface area contributed by atoms with E-state index in [0.29, 0.717) is 6.01 Å². The average Bonchev–Trinajstić information content (AvgIpc) is 2.69. The van der Waals surface area contributed by atoms with E-state index in [1.165, 1.54) is 11.1 Å². The molecule has 0 atom stereocenters. The van der Waals surface area contributed by atoms with Crippen LogP contribution in [0.15, 0.2) is 28.7 Å². The van der Waals surface area contributed by atoms with Gasteiger partial charge in [0.2, 0.25) is 0 Å². The summed E-state index contributed by atoms with van der Waals surface area (Å²) in [4.78, 5) is 4.28. The lowest BCUT2D eigenvalue weighted by molar-refractivity contribution is 0.516. The summed E-state index contributed by atoms with van der Waals surface area (Å²) in [6.07, 6.45) is 1.88. The SMILES string of the molecule is CNc1nc(C)c(CCc2ccc(C)cc2)o1. The van der Waals surface area contributed by atoms with E-state index in [1.807, 2.05) is 14.0 Å². The molecule has 1 N–H and O–H groups in total. The molecular weight excluding hydrogens is 212 g/mol. The van der Waals surface area contributed by atoms with Crippen LogP contribution >= 0.6 is 0 Å². The first-order valence-corrected chi connectivity index (χ1v) is 5.88. The van der Waals surface area contributed by atoms with E-state index in [1.54, 1.807) is 0 Å². The number of rotatable bonds is 4. The Morgan fingerprint density at radius 3 is 2.41 bits per heavy atom. The van der Waals surface area contributed by atoms with Crippen LogP contribution in [0.4, 0.5) is 6.01 Å². The number of aryl methyl sites for hydroxylation is 4. The summed E-state index contributed by atoms with van der Waals surface area (Å²) < 4.78 is 5.59. The molecule has 0 amide bonds. The highest BCUT2D eigenvalue weighted by atomic mass is 16.4. The predicted molar refractivity (Wildman–Crippen MR) is 69.4 cm³/mol. The van der Waals surface area contributed by atoms with Crippen molar-refractivity contribution in [1.82, 2.24) is 4.98 Å². The van der Waals surface area contributed by atoms with Crippen LogP contribution in [0.5, 0.6) is 0 Å². The fourth-order valence-electron chi connectivity index (χ4n) is 1.78. The third-order valence-corrected chi connectivity index (χ3v) is 2.87. The third kappa shape index (κ3) is 2.87. The van der Waals surface area contributed by atoms with Crippen molar-refractivity contribution in [2.45, 2.75) is 26.7 Å². The van der Waals surface area contributed by atoms with Gasteiger partial charge in [-0.3, -0.25) is 0 Å². The fourth-order valence-corrected chi connectivity index (χ4v) is 1.78. The molecule has 3 heteroatoms. The second kappa shape index (κ2) is 5.04. The smallest absolute Gasteiger partial charge is 0.294 e. The Bertz CT molecular complexity index is 485. The van der Waals surface area contributed by atoms with E-state index in [4.69, 9.17) is 4.42 Å². The van der Waals surface area contributed by atoms with Gasteiger partial charge in [0, 0.05) is 13.5 Å². The molecule has 2 rings (SSSR count). The first kappa shape index (κ1) is 11.7. The van der Waals surface area contributed by atoms with Gasteiger partial charge in [-0.1, -0.05) is 29.8 Å². The summed E-state index contributed by atoms with van der Waals surface area (Å²) in [6, 6.07) is 9.21. The minimum atomic E-state index is 0.599. The van der Waals surface area contributed by atoms with Crippen LogP contribution < -0.4 is 5.32 Å². The summed E-state index contributed by atoms with van der Waals surface area (Å²) in [5.41, 5.74) is 3.60. The summed E-state index contributed by atoms with van der Waals surface area (Å²) in [5, 5.41) is 2.92. The van der Waals surface area contributed by atoms with Crippen LogP contribution in [0.1, 0.15) is 22.6 Å². The molecule has 0 aliphatic rings. The molecule has 0 saturated carbocycles. The Balaban J connectivity index is 2.01. The van der Waals surface area contributed by atoms with Gasteiger partial charge in [-0.05, 0) is 25.8 Å². The topological polar surface area (TPSA) is 38.1 Å². The van der Waals surface area contributed by atoms with Crippen LogP contribution in [0.3, 0.4) is 0 Å². The van der Waals surface area contributed by atoms with Gasteiger partial charge < -0.3 is 9.73 Å². The molecule has 0 bridgehead atoms. The number of aromatic nitrogens is 1. The molecule has 0 saturated heterocycles. The number of oxazole rings is 1. The van der Waals surface area contributed by atoms with E-state index in [0.717, 1.165) is 24.3 Å². The van der Waals surface area contributed by atoms with Crippen molar-refractivity contribution in [3.05, 3.63) is 46.8 Å². The van der Waals surface area contributed by atoms with E-state index in [2.05, 4.69) is 41.5 Å². The number of hydrogen-bond acceptors (Lipinski definition) is 3. The molecule has 0 aliphatic carbocycles. The fraction of sp³-hybridized carbons (Fsp3) is 0.357. The third-order valence-electron chi connectivity index (χ3n) is 2.87. The predicted octanol–water partition coefficient (Wildman–Crippen LogP) is 3.12. The lowest BCUT2D eigenvalue weighted by Gasteiger charge is -2.00. The highest BCUT2D eigenvalue weighted by Gasteiger charge is 2.08. The van der Waals surface area contributed by atoms with Crippen molar-refractivity contribution in [3.63, 3.8) is 0 Å². The Kier molecular flexibility index (Phi) is 3.47. The standard InChI is InChI=1S/C14H18N2O/c1-10-4-6-12(7-5-10)8-9-13-11(2)16-14(15-3)17-13/h4-7H,8-9H2,1-3H3,(H,15,16). The Morgan fingerprint density at radius 1 is 1.12 bits per heavy atom. The van der Waals surface area contributed by atoms with Crippen LogP contribution in [-0.2, 0) is 12.8 Å². The molecule has 0 unspecified atom stereocenters. The Morgan fingerprint density at radius 2 is 1.82 bits per heavy atom. The van der Waals surface area contributed by atoms with Gasteiger partial charge in [0.05, 0.1) is 5.69 Å². The van der Waals surface area contributed by atoms with Gasteiger partial charge in [-0.25, -0.2) is 0 Å². The van der Waals surface area contributed by atoms with E-state index < -0.39 is 0 Å². The van der Waals surface area contributed by atoms with E-state index >= 15 is 0 Å². The number of anilines is 1. The van der Waals surface area contributed by atoms with Crippen LogP contribution in [0.25, 0.3) is 0 Å². The van der Waals surface area contributed by atoms with Gasteiger partial charge in [0.25, 0.3) is 6.01 Å². The molecule has 2 aromatic rings. The zero-order chi connectivity index (χ0) is 12.3. The van der Waals surface area contributed by atoms with Crippen LogP contribution in [0, 0.1) is 13.8 Å². The lowest BCUT2D eigenvalue weighted by Crippen LogP contribution is -1.91. The molecule has 1 aromatic carbocycles. The molecule has 0 aliphatic heterocycles. The number of nitrogens with one attached hydrogen (secondary N) is 1. The van der Waals surface area contributed by atoms with Gasteiger partial charge in [0.15, 0.2) is 0 Å². The molecule has 1 aromatic heterocycles. The Hall–Kier alpha value is -1.77. The molecular formula is C14H18N2O. The minimum Gasteiger partial charge on any atom is -0.428 e. The second-order valence-corrected chi connectivity index (χ2v) is 4.26. The maximum Gasteiger partial charge on any atom is 0.294 e. The molecule has 0 radical (unpaired) electrons. The number of hydrogen-bond donors (Lipinski definition) is 1. The highest BCUT2D eigenvalue weighted by molar-refractivity contribution is 5.26. The zero-order valence-corrected chi connectivity index (χ0v) is 10.6. The molecule has 0 spiro atoms. The van der Waals surface area contributed by atoms with Crippen LogP contribution in [0.2, 0.25) is 0 Å². The maximum atomic E-state index is 5.59. The quantitative estimate of drug-likeness (QED) is 0.877. The van der Waals surface area contributed by atoms with Crippen molar-refractivity contribution in [2.75, 3.05) is 12.4 Å². The Labute approximate surface area is 102 Å². The normalized spacial score (nSPS) is 10.5. The second-order valence-electron chi connectivity index (χ2n) is 4.26. The van der Waals surface area contributed by atoms with Crippen molar-refractivity contribution < 1.29 is 4.42 Å². The molecule has 17 heavy (non-hydrogen) atoms. The summed E-state index contributed by atoms with van der Waals surface area (Å²) in [5.74, 6) is 0.968. The average molecular weight is 230 g/mol. The van der Waals surface area contributed by atoms with Gasteiger partial charge in [-0.2, -0.15) is 4.98 Å². The van der Waals surface area contributed by atoms with Gasteiger partial charge in [0.1, 0.15) is 5.76 Å². The summed E-state index contributed by atoms with van der Waals surface area (Å²) >= 11 is 0. The van der Waals surface area contributed by atoms with Crippen LogP contribution in [-0.4, -0.2) is 12.0 Å². The zero-order valence-electron chi connectivity index (χ0n) is 10.6. The van der Waals surface area contributed by atoms with Crippen molar-refractivity contribution in [1.29, 1.82) is 0 Å². The van der Waals surface area contributed by atoms with Crippen molar-refractivity contribution in [3.8, 4) is 0 Å². The number of benzene rings is 1. The maximum absolute atomic E-state index is 5.59. The monoisotopic (exact) mass is 230 g/mol. The van der Waals surface area contributed by atoms with E-state index in [9.17, 15) is 0 Å². The van der Waals surface area contributed by atoms with Gasteiger partial charge >= 0.3 is 0 Å². The lowest BCUT2D eigenvalue weighted by atomic mass is 10.1. The molecule has 90 valence electrons. The minimum absolute atomic E-state index is 0.599.